The molecule has 0 fully saturated rings. The Labute approximate surface area is 205 Å². The summed E-state index contributed by atoms with van der Waals surface area (Å²) in [6, 6.07) is 24.8. The number of benzene rings is 3. The van der Waals surface area contributed by atoms with Crippen molar-refractivity contribution in [3.8, 4) is 17.6 Å². The van der Waals surface area contributed by atoms with Crippen molar-refractivity contribution in [1.82, 2.24) is 5.32 Å². The van der Waals surface area contributed by atoms with Gasteiger partial charge in [0.25, 0.3) is 5.91 Å². The zero-order valence-electron chi connectivity index (χ0n) is 19.1. The average Bonchev–Trinajstić information content (AvgIpc) is 2.86. The van der Waals surface area contributed by atoms with Crippen LogP contribution in [0.4, 0.5) is 0 Å². The first-order valence-corrected chi connectivity index (χ1v) is 11.6. The van der Waals surface area contributed by atoms with Crippen molar-refractivity contribution < 1.29 is 14.3 Å². The lowest BCUT2D eigenvalue weighted by Gasteiger charge is -2.13. The fourth-order valence-electron chi connectivity index (χ4n) is 3.32. The monoisotopic (exact) mass is 474 g/mol. The number of halogens is 1. The molecule has 0 unspecified atom stereocenters. The van der Waals surface area contributed by atoms with E-state index in [0.29, 0.717) is 41.8 Å². The van der Waals surface area contributed by atoms with Crippen LogP contribution in [0.2, 0.25) is 5.02 Å². The van der Waals surface area contributed by atoms with Crippen LogP contribution in [0.5, 0.6) is 11.5 Å². The van der Waals surface area contributed by atoms with Gasteiger partial charge in [-0.15, -0.1) is 0 Å². The smallest absolute Gasteiger partial charge is 0.261 e. The Bertz CT molecular complexity index is 1170. The van der Waals surface area contributed by atoms with E-state index in [9.17, 15) is 10.1 Å². The normalized spacial score (nSPS) is 10.9. The average molecular weight is 475 g/mol. The van der Waals surface area contributed by atoms with Crippen LogP contribution < -0.4 is 14.8 Å². The molecule has 0 aromatic heterocycles. The van der Waals surface area contributed by atoms with Crippen LogP contribution in [-0.4, -0.2) is 19.1 Å². The van der Waals surface area contributed by atoms with Gasteiger partial charge in [0, 0.05) is 17.1 Å². The summed E-state index contributed by atoms with van der Waals surface area (Å²) in [5, 5.41) is 13.0. The molecule has 0 aliphatic carbocycles. The molecule has 0 aliphatic rings. The summed E-state index contributed by atoms with van der Waals surface area (Å²) >= 11 is 6.21. The molecule has 0 saturated heterocycles. The minimum Gasteiger partial charge on any atom is -0.490 e. The second kappa shape index (κ2) is 13.1. The molecule has 34 heavy (non-hydrogen) atoms. The third kappa shape index (κ3) is 7.40. The van der Waals surface area contributed by atoms with Crippen molar-refractivity contribution in [2.75, 3.05) is 13.2 Å². The van der Waals surface area contributed by atoms with Crippen LogP contribution in [0.1, 0.15) is 30.0 Å². The highest BCUT2D eigenvalue weighted by molar-refractivity contribution is 6.31. The maximum atomic E-state index is 12.5. The van der Waals surface area contributed by atoms with Crippen molar-refractivity contribution in [2.45, 2.75) is 26.4 Å². The highest BCUT2D eigenvalue weighted by Crippen LogP contribution is 2.30. The van der Waals surface area contributed by atoms with Gasteiger partial charge in [-0.25, -0.2) is 0 Å². The summed E-state index contributed by atoms with van der Waals surface area (Å²) in [5.74, 6) is 0.694. The fourth-order valence-corrected chi connectivity index (χ4v) is 3.51. The topological polar surface area (TPSA) is 71.3 Å². The van der Waals surface area contributed by atoms with Gasteiger partial charge >= 0.3 is 0 Å². The molecule has 174 valence electrons. The van der Waals surface area contributed by atoms with Crippen molar-refractivity contribution >= 4 is 23.6 Å². The summed E-state index contributed by atoms with van der Waals surface area (Å²) in [7, 11) is 0. The van der Waals surface area contributed by atoms with Crippen LogP contribution >= 0.6 is 11.6 Å². The molecule has 0 spiro atoms. The first kappa shape index (κ1) is 24.9. The molecule has 0 bridgehead atoms. The Balaban J connectivity index is 1.63. The minimum atomic E-state index is -0.396. The van der Waals surface area contributed by atoms with Crippen LogP contribution in [0.15, 0.2) is 78.4 Å². The quantitative estimate of drug-likeness (QED) is 0.211. The number of nitrogens with zero attached hydrogens (tertiary/aromatic N) is 1. The van der Waals surface area contributed by atoms with Gasteiger partial charge in [-0.05, 0) is 55.2 Å². The van der Waals surface area contributed by atoms with Gasteiger partial charge in [-0.2, -0.15) is 5.26 Å². The van der Waals surface area contributed by atoms with E-state index in [1.165, 1.54) is 5.56 Å². The second-order valence-electron chi connectivity index (χ2n) is 7.53. The second-order valence-corrected chi connectivity index (χ2v) is 7.94. The largest absolute Gasteiger partial charge is 0.490 e. The molecule has 1 amide bonds. The van der Waals surface area contributed by atoms with E-state index in [1.54, 1.807) is 24.3 Å². The van der Waals surface area contributed by atoms with Crippen molar-refractivity contribution in [3.05, 3.63) is 100 Å². The molecule has 0 saturated carbocycles. The summed E-state index contributed by atoms with van der Waals surface area (Å²) < 4.78 is 11.6. The van der Waals surface area contributed by atoms with Gasteiger partial charge in [0.1, 0.15) is 18.2 Å². The van der Waals surface area contributed by atoms with Crippen molar-refractivity contribution in [3.63, 3.8) is 0 Å². The van der Waals surface area contributed by atoms with Crippen LogP contribution in [0.25, 0.3) is 6.08 Å². The van der Waals surface area contributed by atoms with Crippen LogP contribution in [0.3, 0.4) is 0 Å². The molecule has 5 nitrogen and oxygen atoms in total. The van der Waals surface area contributed by atoms with E-state index in [2.05, 4.69) is 17.4 Å². The molecule has 0 atom stereocenters. The molecule has 0 radical (unpaired) electrons. The molecule has 3 aromatic carbocycles. The summed E-state index contributed by atoms with van der Waals surface area (Å²) in [6.07, 6.45) is 3.20. The molecular weight excluding hydrogens is 448 g/mol. The summed E-state index contributed by atoms with van der Waals surface area (Å²) in [5.41, 5.74) is 2.79. The Morgan fingerprint density at radius 2 is 1.79 bits per heavy atom. The fraction of sp³-hybridized carbons (Fsp3) is 0.214. The van der Waals surface area contributed by atoms with E-state index in [4.69, 9.17) is 21.1 Å². The van der Waals surface area contributed by atoms with Crippen LogP contribution in [-0.2, 0) is 17.8 Å². The Morgan fingerprint density at radius 3 is 2.53 bits per heavy atom. The van der Waals surface area contributed by atoms with Gasteiger partial charge in [-0.1, -0.05) is 66.2 Å². The van der Waals surface area contributed by atoms with E-state index >= 15 is 0 Å². The highest BCUT2D eigenvalue weighted by atomic mass is 35.5. The number of nitrogens with one attached hydrogen (secondary N) is 1. The number of rotatable bonds is 11. The zero-order valence-corrected chi connectivity index (χ0v) is 19.8. The predicted molar refractivity (Wildman–Crippen MR) is 135 cm³/mol. The Hall–Kier alpha value is -3.75. The third-order valence-corrected chi connectivity index (χ3v) is 5.42. The summed E-state index contributed by atoms with van der Waals surface area (Å²) in [6.45, 7) is 3.11. The van der Waals surface area contributed by atoms with Crippen molar-refractivity contribution in [2.24, 2.45) is 0 Å². The predicted octanol–water partition coefficient (Wildman–Crippen LogP) is 5.97. The lowest BCUT2D eigenvalue weighted by atomic mass is 10.1. The molecule has 3 aromatic rings. The SMILES string of the molecule is CCOc1cc(/C=C(/C#N)C(=O)NCCCc2ccccc2)ccc1OCc1ccccc1Cl. The van der Waals surface area contributed by atoms with Gasteiger partial charge in [0.2, 0.25) is 0 Å². The van der Waals surface area contributed by atoms with Crippen LogP contribution in [0, 0.1) is 11.3 Å². The molecule has 6 heteroatoms. The number of carbonyl (C=O) groups is 1. The zero-order chi connectivity index (χ0) is 24.2. The lowest BCUT2D eigenvalue weighted by molar-refractivity contribution is -0.117. The van der Waals surface area contributed by atoms with E-state index < -0.39 is 5.91 Å². The standard InChI is InChI=1S/C28H27ClN2O3/c1-2-33-27-18-22(14-15-26(27)34-20-23-12-6-7-13-25(23)29)17-24(19-30)28(32)31-16-8-11-21-9-4-3-5-10-21/h3-7,9-10,12-15,17-18H,2,8,11,16,20H2,1H3,(H,31,32)/b24-17-. The van der Waals surface area contributed by atoms with Gasteiger partial charge in [0.05, 0.1) is 6.61 Å². The maximum Gasteiger partial charge on any atom is 0.261 e. The number of aryl methyl sites for hydroxylation is 1. The number of hydrogen-bond acceptors (Lipinski definition) is 4. The number of nitriles is 1. The Kier molecular flexibility index (Phi) is 9.57. The first-order valence-electron chi connectivity index (χ1n) is 11.2. The number of ether oxygens (including phenoxy) is 2. The number of hydrogen-bond donors (Lipinski definition) is 1. The highest BCUT2D eigenvalue weighted by Gasteiger charge is 2.11. The lowest BCUT2D eigenvalue weighted by Crippen LogP contribution is -2.25. The van der Waals surface area contributed by atoms with E-state index in [0.717, 1.165) is 18.4 Å². The van der Waals surface area contributed by atoms with E-state index in [1.807, 2.05) is 55.5 Å². The van der Waals surface area contributed by atoms with Crippen molar-refractivity contribution in [1.29, 1.82) is 5.26 Å². The Morgan fingerprint density at radius 1 is 1.03 bits per heavy atom. The van der Waals surface area contributed by atoms with E-state index in [-0.39, 0.29) is 5.57 Å². The van der Waals surface area contributed by atoms with Gasteiger partial charge < -0.3 is 14.8 Å². The molecule has 1 N–H and O–H groups in total. The minimum absolute atomic E-state index is 0.0342. The molecule has 0 heterocycles. The van der Waals surface area contributed by atoms with Gasteiger partial charge in [-0.3, -0.25) is 4.79 Å². The third-order valence-electron chi connectivity index (χ3n) is 5.06. The molecular formula is C28H27ClN2O3. The number of carbonyl (C=O) groups excluding carboxylic acids is 1. The first-order chi connectivity index (χ1) is 16.6. The molecule has 0 aliphatic heterocycles. The maximum absolute atomic E-state index is 12.5. The van der Waals surface area contributed by atoms with Gasteiger partial charge in [0.15, 0.2) is 11.5 Å². The number of amides is 1. The summed E-state index contributed by atoms with van der Waals surface area (Å²) in [4.78, 5) is 12.5. The molecule has 3 rings (SSSR count).